The Labute approximate surface area is 123 Å². The average molecular weight is 292 g/mol. The number of benzene rings is 1. The molecule has 0 saturated carbocycles. The quantitative estimate of drug-likeness (QED) is 0.628. The molecule has 0 aliphatic heterocycles. The number of aliphatic hydroxyl groups is 1. The molecule has 0 radical (unpaired) electrons. The topological polar surface area (TPSA) is 63.8 Å². The van der Waals surface area contributed by atoms with Crippen LogP contribution in [0.4, 0.5) is 0 Å². The molecule has 2 rings (SSSR count). The van der Waals surface area contributed by atoms with Gasteiger partial charge in [0.05, 0.1) is 5.69 Å². The van der Waals surface area contributed by atoms with Gasteiger partial charge in [-0.1, -0.05) is 37.7 Å². The highest BCUT2D eigenvalue weighted by Crippen LogP contribution is 2.21. The van der Waals surface area contributed by atoms with E-state index >= 15 is 0 Å². The van der Waals surface area contributed by atoms with Crippen molar-refractivity contribution in [3.63, 3.8) is 0 Å². The zero-order valence-corrected chi connectivity index (χ0v) is 12.7. The van der Waals surface area contributed by atoms with Crippen LogP contribution in [0.5, 0.6) is 0 Å². The number of aliphatic hydroxyl groups excluding tert-OH is 1. The van der Waals surface area contributed by atoms with Crippen molar-refractivity contribution in [1.82, 2.24) is 20.2 Å². The molecule has 0 bridgehead atoms. The third-order valence-corrected chi connectivity index (χ3v) is 4.03. The van der Waals surface area contributed by atoms with E-state index in [1.165, 1.54) is 5.56 Å². The van der Waals surface area contributed by atoms with Crippen molar-refractivity contribution in [1.29, 1.82) is 0 Å². The third kappa shape index (κ3) is 3.80. The Morgan fingerprint density at radius 3 is 2.60 bits per heavy atom. The van der Waals surface area contributed by atoms with E-state index in [0.717, 1.165) is 29.4 Å². The van der Waals surface area contributed by atoms with Crippen molar-refractivity contribution in [3.8, 4) is 5.69 Å². The first-order valence-electron chi connectivity index (χ1n) is 6.84. The van der Waals surface area contributed by atoms with E-state index in [9.17, 15) is 0 Å². The minimum absolute atomic E-state index is 0.238. The summed E-state index contributed by atoms with van der Waals surface area (Å²) in [7, 11) is 0. The molecular weight excluding hydrogens is 272 g/mol. The van der Waals surface area contributed by atoms with Gasteiger partial charge in [-0.15, -0.1) is 5.10 Å². The predicted molar refractivity (Wildman–Crippen MR) is 80.3 cm³/mol. The molecule has 0 fully saturated rings. The van der Waals surface area contributed by atoms with Gasteiger partial charge in [-0.2, -0.15) is 4.68 Å². The molecule has 2 aromatic rings. The van der Waals surface area contributed by atoms with E-state index in [1.807, 2.05) is 12.1 Å². The highest BCUT2D eigenvalue weighted by Gasteiger charge is 2.09. The van der Waals surface area contributed by atoms with Gasteiger partial charge in [0.15, 0.2) is 0 Å². The molecule has 5 nitrogen and oxygen atoms in total. The highest BCUT2D eigenvalue weighted by molar-refractivity contribution is 7.99. The molecule has 1 heterocycles. The zero-order valence-electron chi connectivity index (χ0n) is 11.9. The van der Waals surface area contributed by atoms with Crippen LogP contribution in [0.1, 0.15) is 38.2 Å². The molecular formula is C14H20N4OS. The van der Waals surface area contributed by atoms with Gasteiger partial charge in [-0.05, 0) is 46.9 Å². The number of nitrogens with zero attached hydrogens (tertiary/aromatic N) is 4. The van der Waals surface area contributed by atoms with Crippen LogP contribution in [-0.4, -0.2) is 37.7 Å². The monoisotopic (exact) mass is 292 g/mol. The standard InChI is InChI=1S/C14H20N4OS/c1-11(2)12-5-7-13(8-6-12)18-14(15-16-17-18)20-10-4-3-9-19/h5-8,11,19H,3-4,9-10H2,1-2H3. The molecule has 6 heteroatoms. The van der Waals surface area contributed by atoms with Crippen LogP contribution >= 0.6 is 11.8 Å². The minimum atomic E-state index is 0.238. The molecule has 1 aromatic heterocycles. The first-order valence-corrected chi connectivity index (χ1v) is 7.83. The van der Waals surface area contributed by atoms with Crippen LogP contribution < -0.4 is 0 Å². The van der Waals surface area contributed by atoms with Crippen molar-refractivity contribution in [2.24, 2.45) is 0 Å². The van der Waals surface area contributed by atoms with Crippen LogP contribution in [0.2, 0.25) is 0 Å². The maximum atomic E-state index is 8.77. The lowest BCUT2D eigenvalue weighted by Gasteiger charge is -2.07. The predicted octanol–water partition coefficient (Wildman–Crippen LogP) is 2.65. The van der Waals surface area contributed by atoms with Gasteiger partial charge >= 0.3 is 0 Å². The van der Waals surface area contributed by atoms with Gasteiger partial charge in [0, 0.05) is 12.4 Å². The molecule has 1 aromatic carbocycles. The number of rotatable bonds is 7. The maximum absolute atomic E-state index is 8.77. The normalized spacial score (nSPS) is 11.2. The molecule has 0 unspecified atom stereocenters. The number of tetrazole rings is 1. The van der Waals surface area contributed by atoms with Crippen molar-refractivity contribution < 1.29 is 5.11 Å². The smallest absolute Gasteiger partial charge is 0.214 e. The number of hydrogen-bond donors (Lipinski definition) is 1. The molecule has 0 amide bonds. The lowest BCUT2D eigenvalue weighted by Crippen LogP contribution is -2.00. The summed E-state index contributed by atoms with van der Waals surface area (Å²) in [5, 5.41) is 21.4. The molecule has 0 atom stereocenters. The first-order chi connectivity index (χ1) is 9.72. The van der Waals surface area contributed by atoms with Gasteiger partial charge in [-0.25, -0.2) is 0 Å². The van der Waals surface area contributed by atoms with Crippen molar-refractivity contribution >= 4 is 11.8 Å². The van der Waals surface area contributed by atoms with Crippen LogP contribution in [0.15, 0.2) is 29.4 Å². The number of unbranched alkanes of at least 4 members (excludes halogenated alkanes) is 1. The minimum Gasteiger partial charge on any atom is -0.396 e. The Balaban J connectivity index is 2.07. The summed E-state index contributed by atoms with van der Waals surface area (Å²) in [5.41, 5.74) is 2.28. The summed E-state index contributed by atoms with van der Waals surface area (Å²) in [6, 6.07) is 8.32. The number of aromatic nitrogens is 4. The van der Waals surface area contributed by atoms with Gasteiger partial charge < -0.3 is 5.11 Å². The van der Waals surface area contributed by atoms with Crippen LogP contribution in [-0.2, 0) is 0 Å². The zero-order chi connectivity index (χ0) is 14.4. The Kier molecular flexibility index (Phi) is 5.55. The van der Waals surface area contributed by atoms with Gasteiger partial charge in [0.25, 0.3) is 0 Å². The van der Waals surface area contributed by atoms with E-state index in [4.69, 9.17) is 5.11 Å². The Hall–Kier alpha value is -1.40. The van der Waals surface area contributed by atoms with E-state index in [0.29, 0.717) is 5.92 Å². The maximum Gasteiger partial charge on any atom is 0.214 e. The van der Waals surface area contributed by atoms with Gasteiger partial charge in [0.2, 0.25) is 5.16 Å². The largest absolute Gasteiger partial charge is 0.396 e. The highest BCUT2D eigenvalue weighted by atomic mass is 32.2. The molecule has 0 aliphatic carbocycles. The average Bonchev–Trinajstić information content (AvgIpc) is 2.92. The summed E-state index contributed by atoms with van der Waals surface area (Å²) in [5.74, 6) is 1.43. The fourth-order valence-corrected chi connectivity index (χ4v) is 2.70. The van der Waals surface area contributed by atoms with E-state index in [2.05, 4.69) is 41.5 Å². The van der Waals surface area contributed by atoms with Crippen LogP contribution in [0, 0.1) is 0 Å². The number of thioether (sulfide) groups is 1. The van der Waals surface area contributed by atoms with Gasteiger partial charge in [-0.3, -0.25) is 0 Å². The molecule has 0 aliphatic rings. The van der Waals surface area contributed by atoms with Crippen LogP contribution in [0.3, 0.4) is 0 Å². The van der Waals surface area contributed by atoms with Crippen molar-refractivity contribution in [2.75, 3.05) is 12.4 Å². The van der Waals surface area contributed by atoms with Gasteiger partial charge in [0.1, 0.15) is 0 Å². The molecule has 0 saturated heterocycles. The summed E-state index contributed by atoms with van der Waals surface area (Å²) >= 11 is 1.61. The molecule has 108 valence electrons. The second-order valence-electron chi connectivity index (χ2n) is 4.90. The molecule has 20 heavy (non-hydrogen) atoms. The SMILES string of the molecule is CC(C)c1ccc(-n2nnnc2SCCCCO)cc1. The lowest BCUT2D eigenvalue weighted by atomic mass is 10.0. The Morgan fingerprint density at radius 1 is 1.20 bits per heavy atom. The first kappa shape index (κ1) is 15.0. The summed E-state index contributed by atoms with van der Waals surface area (Å²) < 4.78 is 1.76. The van der Waals surface area contributed by atoms with Crippen molar-refractivity contribution in [2.45, 2.75) is 37.8 Å². The van der Waals surface area contributed by atoms with E-state index in [-0.39, 0.29) is 6.61 Å². The molecule has 1 N–H and O–H groups in total. The summed E-state index contributed by atoms with van der Waals surface area (Å²) in [6.07, 6.45) is 1.78. The Bertz CT molecular complexity index is 524. The molecule has 0 spiro atoms. The fraction of sp³-hybridized carbons (Fsp3) is 0.500. The Morgan fingerprint density at radius 2 is 1.95 bits per heavy atom. The third-order valence-electron chi connectivity index (χ3n) is 3.03. The lowest BCUT2D eigenvalue weighted by molar-refractivity contribution is 0.287. The van der Waals surface area contributed by atoms with Crippen molar-refractivity contribution in [3.05, 3.63) is 29.8 Å². The summed E-state index contributed by atoms with van der Waals surface area (Å²) in [4.78, 5) is 0. The number of hydrogen-bond acceptors (Lipinski definition) is 5. The van der Waals surface area contributed by atoms with E-state index < -0.39 is 0 Å². The second-order valence-corrected chi connectivity index (χ2v) is 5.96. The van der Waals surface area contributed by atoms with Crippen LogP contribution in [0.25, 0.3) is 5.69 Å². The summed E-state index contributed by atoms with van der Waals surface area (Å²) in [6.45, 7) is 4.59. The fourth-order valence-electron chi connectivity index (χ4n) is 1.81. The second kappa shape index (κ2) is 7.40. The van der Waals surface area contributed by atoms with E-state index in [1.54, 1.807) is 16.4 Å².